The van der Waals surface area contributed by atoms with Gasteiger partial charge in [0.15, 0.2) is 5.82 Å². The number of hydrogen-bond donors (Lipinski definition) is 0. The van der Waals surface area contributed by atoms with Crippen molar-refractivity contribution in [2.45, 2.75) is 0 Å². The van der Waals surface area contributed by atoms with E-state index in [0.717, 1.165) is 38.9 Å². The van der Waals surface area contributed by atoms with E-state index in [-0.39, 0.29) is 0 Å². The summed E-state index contributed by atoms with van der Waals surface area (Å²) < 4.78 is 0. The van der Waals surface area contributed by atoms with Crippen molar-refractivity contribution in [1.82, 2.24) is 9.97 Å². The molecule has 0 amide bonds. The highest BCUT2D eigenvalue weighted by Gasteiger charge is 2.17. The molecule has 0 spiro atoms. The van der Waals surface area contributed by atoms with Crippen LogP contribution in [0.3, 0.4) is 0 Å². The van der Waals surface area contributed by atoms with Crippen LogP contribution in [0.2, 0.25) is 0 Å². The van der Waals surface area contributed by atoms with E-state index < -0.39 is 0 Å². The van der Waals surface area contributed by atoms with Crippen LogP contribution >= 0.6 is 0 Å². The van der Waals surface area contributed by atoms with Crippen LogP contribution in [-0.4, -0.2) is 9.97 Å². The zero-order chi connectivity index (χ0) is 34.4. The average molecular weight is 661 g/mol. The number of hydrogen-bond acceptors (Lipinski definition) is 2. The summed E-state index contributed by atoms with van der Waals surface area (Å²) in [5.41, 5.74) is 9.76. The maximum absolute atomic E-state index is 5.26. The van der Waals surface area contributed by atoms with Gasteiger partial charge in [-0.25, -0.2) is 9.97 Å². The van der Waals surface area contributed by atoms with Crippen molar-refractivity contribution in [3.05, 3.63) is 194 Å². The summed E-state index contributed by atoms with van der Waals surface area (Å²) in [6, 6.07) is 69.4. The zero-order valence-electron chi connectivity index (χ0n) is 28.4. The van der Waals surface area contributed by atoms with Gasteiger partial charge in [0, 0.05) is 16.7 Å². The Morgan fingerprint density at radius 3 is 1.12 bits per heavy atom. The van der Waals surface area contributed by atoms with Crippen molar-refractivity contribution < 1.29 is 0 Å². The Hall–Kier alpha value is -6.90. The van der Waals surface area contributed by atoms with Gasteiger partial charge in [0.2, 0.25) is 0 Å². The van der Waals surface area contributed by atoms with Gasteiger partial charge >= 0.3 is 0 Å². The Balaban J connectivity index is 1.17. The van der Waals surface area contributed by atoms with Gasteiger partial charge in [-0.2, -0.15) is 0 Å². The van der Waals surface area contributed by atoms with E-state index >= 15 is 0 Å². The molecule has 1 heterocycles. The normalized spacial score (nSPS) is 11.5. The molecular formula is C50H32N2. The van der Waals surface area contributed by atoms with E-state index in [2.05, 4.69) is 176 Å². The van der Waals surface area contributed by atoms with Crippen molar-refractivity contribution in [3.8, 4) is 56.2 Å². The van der Waals surface area contributed by atoms with Crippen LogP contribution in [0, 0.1) is 0 Å². The summed E-state index contributed by atoms with van der Waals surface area (Å²) in [5, 5.41) is 9.67. The van der Waals surface area contributed by atoms with E-state index in [4.69, 9.17) is 9.97 Å². The Morgan fingerprint density at radius 1 is 0.250 bits per heavy atom. The molecule has 10 aromatic rings. The fraction of sp³-hybridized carbons (Fsp3) is 0. The monoisotopic (exact) mass is 660 g/mol. The third-order valence-electron chi connectivity index (χ3n) is 10.3. The third-order valence-corrected chi connectivity index (χ3v) is 10.3. The lowest BCUT2D eigenvalue weighted by molar-refractivity contribution is 1.19. The Morgan fingerprint density at radius 2 is 0.635 bits per heavy atom. The first kappa shape index (κ1) is 30.0. The summed E-state index contributed by atoms with van der Waals surface area (Å²) >= 11 is 0. The van der Waals surface area contributed by atoms with Gasteiger partial charge in [0.25, 0.3) is 0 Å². The van der Waals surface area contributed by atoms with E-state index in [1.165, 1.54) is 54.6 Å². The van der Waals surface area contributed by atoms with Crippen LogP contribution in [0.4, 0.5) is 0 Å². The van der Waals surface area contributed by atoms with Crippen molar-refractivity contribution in [3.63, 3.8) is 0 Å². The average Bonchev–Trinajstić information content (AvgIpc) is 3.22. The molecule has 0 fully saturated rings. The first-order valence-electron chi connectivity index (χ1n) is 17.7. The third kappa shape index (κ3) is 5.21. The minimum atomic E-state index is 0.707. The molecule has 2 nitrogen and oxygen atoms in total. The predicted molar refractivity (Wildman–Crippen MR) is 219 cm³/mol. The smallest absolute Gasteiger partial charge is 0.160 e. The van der Waals surface area contributed by atoms with Crippen LogP contribution < -0.4 is 0 Å². The molecule has 0 atom stereocenters. The highest BCUT2D eigenvalue weighted by Crippen LogP contribution is 2.40. The number of benzene rings is 9. The van der Waals surface area contributed by atoms with Crippen LogP contribution in [-0.2, 0) is 0 Å². The fourth-order valence-electron chi connectivity index (χ4n) is 7.70. The summed E-state index contributed by atoms with van der Waals surface area (Å²) in [5.74, 6) is 0.707. The lowest BCUT2D eigenvalue weighted by Gasteiger charge is -2.16. The number of nitrogens with zero attached hydrogens (tertiary/aromatic N) is 2. The molecule has 1 aromatic heterocycles. The molecule has 0 unspecified atom stereocenters. The summed E-state index contributed by atoms with van der Waals surface area (Å²) in [6.07, 6.45) is 0. The van der Waals surface area contributed by atoms with Gasteiger partial charge < -0.3 is 0 Å². The summed E-state index contributed by atoms with van der Waals surface area (Å²) in [4.78, 5) is 10.5. The minimum absolute atomic E-state index is 0.707. The topological polar surface area (TPSA) is 25.8 Å². The largest absolute Gasteiger partial charge is 0.228 e. The SMILES string of the molecule is c1ccc(-c2nc(-c3ccc(-c4ccc5ccccc5c4)c4ccccc34)cc(-c3ccc(-c4ccc5ccccc5c4)c4ccccc34)n2)cc1. The summed E-state index contributed by atoms with van der Waals surface area (Å²) in [7, 11) is 0. The second kappa shape index (κ2) is 12.5. The van der Waals surface area contributed by atoms with Crippen LogP contribution in [0.5, 0.6) is 0 Å². The quantitative estimate of drug-likeness (QED) is 0.184. The molecule has 0 radical (unpaired) electrons. The van der Waals surface area contributed by atoms with E-state index in [1.807, 2.05) is 18.2 Å². The molecule has 242 valence electrons. The van der Waals surface area contributed by atoms with Gasteiger partial charge in [-0.1, -0.05) is 176 Å². The first-order valence-corrected chi connectivity index (χ1v) is 17.7. The highest BCUT2D eigenvalue weighted by atomic mass is 14.9. The molecule has 0 bridgehead atoms. The van der Waals surface area contributed by atoms with Crippen molar-refractivity contribution >= 4 is 43.1 Å². The predicted octanol–water partition coefficient (Wildman–Crippen LogP) is 13.4. The highest BCUT2D eigenvalue weighted by molar-refractivity contribution is 6.08. The fourth-order valence-corrected chi connectivity index (χ4v) is 7.70. The lowest BCUT2D eigenvalue weighted by Crippen LogP contribution is -1.97. The molecule has 0 saturated carbocycles. The molecule has 52 heavy (non-hydrogen) atoms. The Labute approximate surface area is 302 Å². The zero-order valence-corrected chi connectivity index (χ0v) is 28.4. The van der Waals surface area contributed by atoms with E-state index in [0.29, 0.717) is 5.82 Å². The van der Waals surface area contributed by atoms with Crippen molar-refractivity contribution in [2.24, 2.45) is 0 Å². The van der Waals surface area contributed by atoms with Crippen LogP contribution in [0.15, 0.2) is 194 Å². The molecule has 10 rings (SSSR count). The van der Waals surface area contributed by atoms with E-state index in [1.54, 1.807) is 0 Å². The maximum Gasteiger partial charge on any atom is 0.160 e. The van der Waals surface area contributed by atoms with Gasteiger partial charge in [-0.05, 0) is 83.5 Å². The molecule has 0 aliphatic carbocycles. The second-order valence-electron chi connectivity index (χ2n) is 13.4. The van der Waals surface area contributed by atoms with Gasteiger partial charge in [0.05, 0.1) is 11.4 Å². The second-order valence-corrected chi connectivity index (χ2v) is 13.4. The maximum atomic E-state index is 5.26. The van der Waals surface area contributed by atoms with Crippen molar-refractivity contribution in [2.75, 3.05) is 0 Å². The molecule has 9 aromatic carbocycles. The Bertz CT molecular complexity index is 2780. The Kier molecular flexibility index (Phi) is 7.18. The minimum Gasteiger partial charge on any atom is -0.228 e. The van der Waals surface area contributed by atoms with Crippen LogP contribution in [0.25, 0.3) is 99.2 Å². The number of aromatic nitrogens is 2. The molecule has 2 heteroatoms. The number of fused-ring (bicyclic) bond motifs is 4. The molecule has 0 N–H and O–H groups in total. The molecule has 0 aliphatic heterocycles. The van der Waals surface area contributed by atoms with Gasteiger partial charge in [-0.15, -0.1) is 0 Å². The lowest BCUT2D eigenvalue weighted by atomic mass is 9.91. The van der Waals surface area contributed by atoms with E-state index in [9.17, 15) is 0 Å². The van der Waals surface area contributed by atoms with Gasteiger partial charge in [-0.3, -0.25) is 0 Å². The van der Waals surface area contributed by atoms with Gasteiger partial charge in [0.1, 0.15) is 0 Å². The molecular weight excluding hydrogens is 629 g/mol. The number of rotatable bonds is 5. The molecule has 0 aliphatic rings. The molecule has 0 saturated heterocycles. The summed E-state index contributed by atoms with van der Waals surface area (Å²) in [6.45, 7) is 0. The first-order chi connectivity index (χ1) is 25.8. The van der Waals surface area contributed by atoms with Crippen LogP contribution in [0.1, 0.15) is 0 Å². The standard InChI is InChI=1S/C50H32N2/c1-2-14-35(15-3-1)50-51-48(46-28-26-40(42-18-8-10-20-44(42)46)38-24-22-33-12-4-6-16-36(33)30-38)32-49(52-50)47-29-27-41(43-19-9-11-21-45(43)47)39-25-23-34-13-5-7-17-37(34)31-39/h1-32H. The van der Waals surface area contributed by atoms with Crippen molar-refractivity contribution in [1.29, 1.82) is 0 Å².